The molecule has 9 heteroatoms. The SMILES string of the molecule is [B]P(C)n1nc(C=O)c2cc(-c3cncc(CN(CC)B(C)O)c3C)ccc21. The molecule has 1 atom stereocenters. The lowest BCUT2D eigenvalue weighted by Crippen LogP contribution is -2.36. The Morgan fingerprint density at radius 2 is 2.14 bits per heavy atom. The summed E-state index contributed by atoms with van der Waals surface area (Å²) >= 11 is 0. The van der Waals surface area contributed by atoms with E-state index in [0.29, 0.717) is 12.2 Å². The molecule has 2 heterocycles. The summed E-state index contributed by atoms with van der Waals surface area (Å²) in [6.07, 6.45) is 4.44. The standard InChI is InChI=1S/C19H23B2N4O2P/c1-5-24(21(3)27)11-15-9-22-10-17(13(15)2)14-6-7-19-16(8-14)18(12-26)23-25(19)28(4)20/h6-10,12,27H,5,11H2,1-4H3. The van der Waals surface area contributed by atoms with Crippen LogP contribution >= 0.6 is 7.95 Å². The molecule has 0 aliphatic heterocycles. The van der Waals surface area contributed by atoms with Crippen molar-refractivity contribution in [2.24, 2.45) is 0 Å². The van der Waals surface area contributed by atoms with Crippen molar-refractivity contribution in [2.45, 2.75) is 27.2 Å². The van der Waals surface area contributed by atoms with E-state index in [-0.39, 0.29) is 0 Å². The summed E-state index contributed by atoms with van der Waals surface area (Å²) in [6.45, 7) is 9.10. The quantitative estimate of drug-likeness (QED) is 0.380. The van der Waals surface area contributed by atoms with Gasteiger partial charge in [-0.15, -0.1) is 0 Å². The predicted octanol–water partition coefficient (Wildman–Crippen LogP) is 3.11. The Bertz CT molecular complexity index is 1010. The van der Waals surface area contributed by atoms with Gasteiger partial charge in [0.15, 0.2) is 6.29 Å². The molecule has 0 bridgehead atoms. The van der Waals surface area contributed by atoms with Crippen molar-refractivity contribution >= 4 is 39.8 Å². The van der Waals surface area contributed by atoms with Crippen molar-refractivity contribution in [3.05, 3.63) is 47.4 Å². The minimum atomic E-state index is -0.969. The number of carbonyl (C=O) groups excluding carboxylic acids is 1. The van der Waals surface area contributed by atoms with Crippen molar-refractivity contribution in [3.63, 3.8) is 0 Å². The second-order valence-electron chi connectivity index (χ2n) is 6.86. The minimum Gasteiger partial charge on any atom is -0.437 e. The Kier molecular flexibility index (Phi) is 6.33. The Hall–Kier alpha value is -2.01. The molecule has 28 heavy (non-hydrogen) atoms. The summed E-state index contributed by atoms with van der Waals surface area (Å²) in [5.41, 5.74) is 5.38. The van der Waals surface area contributed by atoms with Gasteiger partial charge in [-0.25, -0.2) is 0 Å². The van der Waals surface area contributed by atoms with Gasteiger partial charge in [-0.1, -0.05) is 13.0 Å². The Morgan fingerprint density at radius 3 is 2.75 bits per heavy atom. The van der Waals surface area contributed by atoms with Crippen molar-refractivity contribution in [1.29, 1.82) is 0 Å². The lowest BCUT2D eigenvalue weighted by atomic mass is 9.84. The maximum Gasteiger partial charge on any atom is 0.376 e. The van der Waals surface area contributed by atoms with E-state index in [1.807, 2.05) is 49.0 Å². The summed E-state index contributed by atoms with van der Waals surface area (Å²) < 4.78 is 1.72. The summed E-state index contributed by atoms with van der Waals surface area (Å²) in [7, 11) is 4.55. The lowest BCUT2D eigenvalue weighted by Gasteiger charge is -2.22. The van der Waals surface area contributed by atoms with Crippen LogP contribution in [0.15, 0.2) is 30.6 Å². The number of fused-ring (bicyclic) bond motifs is 1. The first kappa shape index (κ1) is 20.7. The second kappa shape index (κ2) is 8.56. The third-order valence-electron chi connectivity index (χ3n) is 5.04. The maximum atomic E-state index is 11.5. The van der Waals surface area contributed by atoms with Gasteiger partial charge in [-0.3, -0.25) is 14.2 Å². The van der Waals surface area contributed by atoms with Gasteiger partial charge in [-0.05, 0) is 63.7 Å². The largest absolute Gasteiger partial charge is 0.437 e. The van der Waals surface area contributed by atoms with Gasteiger partial charge < -0.3 is 9.83 Å². The third-order valence-corrected chi connectivity index (χ3v) is 5.94. The number of hydrogen-bond acceptors (Lipinski definition) is 5. The van der Waals surface area contributed by atoms with Crippen LogP contribution in [0, 0.1) is 6.92 Å². The van der Waals surface area contributed by atoms with Gasteiger partial charge >= 0.3 is 7.05 Å². The van der Waals surface area contributed by atoms with E-state index in [0.717, 1.165) is 46.0 Å². The van der Waals surface area contributed by atoms with Gasteiger partial charge in [-0.2, -0.15) is 5.10 Å². The van der Waals surface area contributed by atoms with Gasteiger partial charge in [0, 0.05) is 29.9 Å². The summed E-state index contributed by atoms with van der Waals surface area (Å²) in [4.78, 5) is 17.9. The molecule has 0 spiro atoms. The van der Waals surface area contributed by atoms with E-state index in [1.165, 1.54) is 0 Å². The highest BCUT2D eigenvalue weighted by Gasteiger charge is 2.18. The first-order chi connectivity index (χ1) is 13.4. The van der Waals surface area contributed by atoms with Crippen molar-refractivity contribution in [3.8, 4) is 11.1 Å². The number of pyridine rings is 1. The number of benzene rings is 1. The van der Waals surface area contributed by atoms with Crippen LogP contribution < -0.4 is 0 Å². The average molecular weight is 392 g/mol. The van der Waals surface area contributed by atoms with E-state index in [9.17, 15) is 9.82 Å². The molecule has 0 aliphatic carbocycles. The molecule has 142 valence electrons. The normalized spacial score (nSPS) is 12.5. The van der Waals surface area contributed by atoms with Crippen molar-refractivity contribution in [1.82, 2.24) is 19.3 Å². The fourth-order valence-electron chi connectivity index (χ4n) is 3.37. The van der Waals surface area contributed by atoms with Crippen LogP contribution in [-0.2, 0) is 6.54 Å². The molecule has 0 amide bonds. The molecule has 2 radical (unpaired) electrons. The fraction of sp³-hybridized carbons (Fsp3) is 0.316. The molecule has 0 saturated heterocycles. The second-order valence-corrected chi connectivity index (χ2v) is 8.39. The topological polar surface area (TPSA) is 71.2 Å². The molecule has 3 aromatic rings. The van der Waals surface area contributed by atoms with Crippen LogP contribution in [0.25, 0.3) is 22.0 Å². The summed E-state index contributed by atoms with van der Waals surface area (Å²) in [6, 6.07) is 5.94. The van der Waals surface area contributed by atoms with Crippen LogP contribution in [0.4, 0.5) is 0 Å². The van der Waals surface area contributed by atoms with Gasteiger partial charge in [0.2, 0.25) is 0 Å². The van der Waals surface area contributed by atoms with E-state index in [1.54, 1.807) is 11.3 Å². The van der Waals surface area contributed by atoms with E-state index in [2.05, 4.69) is 17.0 Å². The number of aldehydes is 1. The number of rotatable bonds is 7. The number of carbonyl (C=O) groups is 1. The van der Waals surface area contributed by atoms with Crippen LogP contribution in [0.3, 0.4) is 0 Å². The first-order valence-electron chi connectivity index (χ1n) is 9.20. The predicted molar refractivity (Wildman–Crippen MR) is 117 cm³/mol. The van der Waals surface area contributed by atoms with Gasteiger partial charge in [0.25, 0.3) is 0 Å². The highest BCUT2D eigenvalue weighted by molar-refractivity contribution is 7.80. The van der Waals surface area contributed by atoms with Crippen LogP contribution in [-0.4, -0.2) is 58.5 Å². The zero-order valence-electron chi connectivity index (χ0n) is 16.6. The third kappa shape index (κ3) is 3.90. The molecular weight excluding hydrogens is 369 g/mol. The Morgan fingerprint density at radius 1 is 1.39 bits per heavy atom. The Balaban J connectivity index is 2.07. The molecule has 6 nitrogen and oxygen atoms in total. The lowest BCUT2D eigenvalue weighted by molar-refractivity contribution is 0.112. The molecule has 3 rings (SSSR count). The summed E-state index contributed by atoms with van der Waals surface area (Å²) in [5, 5.41) is 15.1. The molecule has 0 aliphatic rings. The molecular formula is C19H23B2N4O2P. The monoisotopic (exact) mass is 392 g/mol. The summed E-state index contributed by atoms with van der Waals surface area (Å²) in [5.74, 6) is 0. The number of nitrogens with zero attached hydrogens (tertiary/aromatic N) is 4. The van der Waals surface area contributed by atoms with E-state index < -0.39 is 15.0 Å². The smallest absolute Gasteiger partial charge is 0.376 e. The van der Waals surface area contributed by atoms with Crippen LogP contribution in [0.5, 0.6) is 0 Å². The molecule has 0 fully saturated rings. The van der Waals surface area contributed by atoms with E-state index in [4.69, 9.17) is 7.57 Å². The minimum absolute atomic E-state index is 0.393. The fourth-order valence-corrected chi connectivity index (χ4v) is 4.12. The zero-order chi connectivity index (χ0) is 20.4. The molecule has 1 N–H and O–H groups in total. The average Bonchev–Trinajstić information content (AvgIpc) is 3.05. The van der Waals surface area contributed by atoms with Crippen LogP contribution in [0.1, 0.15) is 28.5 Å². The molecule has 2 aromatic heterocycles. The maximum absolute atomic E-state index is 11.5. The van der Waals surface area contributed by atoms with E-state index >= 15 is 0 Å². The van der Waals surface area contributed by atoms with Gasteiger partial charge in [0.1, 0.15) is 13.3 Å². The molecule has 1 unspecified atom stereocenters. The van der Waals surface area contributed by atoms with Crippen LogP contribution in [0.2, 0.25) is 6.82 Å². The van der Waals surface area contributed by atoms with Gasteiger partial charge in [0.05, 0.1) is 5.52 Å². The molecule has 1 aromatic carbocycles. The number of hydrogen-bond donors (Lipinski definition) is 1. The zero-order valence-corrected chi connectivity index (χ0v) is 17.5. The Labute approximate surface area is 168 Å². The number of aromatic nitrogens is 3. The van der Waals surface area contributed by atoms with Crippen molar-refractivity contribution < 1.29 is 9.82 Å². The highest BCUT2D eigenvalue weighted by Crippen LogP contribution is 2.35. The first-order valence-corrected chi connectivity index (χ1v) is 11.0. The highest BCUT2D eigenvalue weighted by atomic mass is 31.1. The molecule has 0 saturated carbocycles. The van der Waals surface area contributed by atoms with Crippen molar-refractivity contribution in [2.75, 3.05) is 13.2 Å².